The summed E-state index contributed by atoms with van der Waals surface area (Å²) in [5.74, 6) is 0. The Labute approximate surface area is 138 Å². The van der Waals surface area contributed by atoms with Crippen molar-refractivity contribution < 1.29 is 0 Å². The molecule has 1 heterocycles. The molecule has 0 saturated carbocycles. The monoisotopic (exact) mass is 304 g/mol. The molecule has 0 atom stereocenters. The van der Waals surface area contributed by atoms with Gasteiger partial charge in [0.2, 0.25) is 0 Å². The van der Waals surface area contributed by atoms with Crippen LogP contribution in [0.4, 0.5) is 0 Å². The maximum atomic E-state index is 4.44. The molecule has 0 aliphatic rings. The van der Waals surface area contributed by atoms with Crippen LogP contribution in [-0.2, 0) is 5.41 Å². The summed E-state index contributed by atoms with van der Waals surface area (Å²) in [5.41, 5.74) is 5.93. The third-order valence-corrected chi connectivity index (χ3v) is 5.13. The molecule has 0 amide bonds. The summed E-state index contributed by atoms with van der Waals surface area (Å²) in [7, 11) is 0. The summed E-state index contributed by atoms with van der Waals surface area (Å²) in [6.45, 7) is 9.04. The second-order valence-electron chi connectivity index (χ2n) is 6.64. The van der Waals surface area contributed by atoms with Crippen LogP contribution in [-0.4, -0.2) is 10.2 Å². The van der Waals surface area contributed by atoms with Crippen LogP contribution >= 0.6 is 0 Å². The predicted molar refractivity (Wildman–Crippen MR) is 97.6 cm³/mol. The number of aryl methyl sites for hydroxylation is 1. The third kappa shape index (κ3) is 2.98. The topological polar surface area (TPSA) is 25.8 Å². The van der Waals surface area contributed by atoms with Crippen molar-refractivity contribution in [2.75, 3.05) is 0 Å². The van der Waals surface area contributed by atoms with E-state index in [9.17, 15) is 0 Å². The van der Waals surface area contributed by atoms with Gasteiger partial charge in [-0.2, -0.15) is 0 Å². The molecule has 0 bridgehead atoms. The normalized spacial score (nSPS) is 11.8. The van der Waals surface area contributed by atoms with E-state index in [4.69, 9.17) is 0 Å². The number of nitrogens with zero attached hydrogens (tertiary/aromatic N) is 2. The van der Waals surface area contributed by atoms with Crippen LogP contribution in [0.25, 0.3) is 22.2 Å². The number of benzene rings is 2. The Hall–Kier alpha value is -2.22. The van der Waals surface area contributed by atoms with E-state index in [0.29, 0.717) is 0 Å². The van der Waals surface area contributed by atoms with E-state index in [-0.39, 0.29) is 5.41 Å². The Morgan fingerprint density at radius 3 is 2.39 bits per heavy atom. The Kier molecular flexibility index (Phi) is 4.16. The summed E-state index contributed by atoms with van der Waals surface area (Å²) in [5, 5.41) is 9.95. The van der Waals surface area contributed by atoms with Crippen LogP contribution in [0, 0.1) is 6.92 Å². The first kappa shape index (κ1) is 15.7. The van der Waals surface area contributed by atoms with Gasteiger partial charge >= 0.3 is 0 Å². The van der Waals surface area contributed by atoms with Gasteiger partial charge in [-0.25, -0.2) is 0 Å². The highest BCUT2D eigenvalue weighted by atomic mass is 15.1. The van der Waals surface area contributed by atoms with Crippen LogP contribution in [0.2, 0.25) is 0 Å². The van der Waals surface area contributed by atoms with E-state index in [1.165, 1.54) is 11.1 Å². The molecular weight excluding hydrogens is 280 g/mol. The fourth-order valence-corrected chi connectivity index (χ4v) is 3.06. The Morgan fingerprint density at radius 1 is 0.913 bits per heavy atom. The van der Waals surface area contributed by atoms with E-state index in [2.05, 4.69) is 68.2 Å². The third-order valence-electron chi connectivity index (χ3n) is 5.13. The molecule has 2 nitrogen and oxygen atoms in total. The Balaban J connectivity index is 2.13. The molecule has 0 radical (unpaired) electrons. The lowest BCUT2D eigenvalue weighted by molar-refractivity contribution is 0.439. The minimum absolute atomic E-state index is 0.213. The molecule has 3 rings (SSSR count). The molecule has 23 heavy (non-hydrogen) atoms. The molecule has 0 aliphatic carbocycles. The van der Waals surface area contributed by atoms with Gasteiger partial charge in [0.25, 0.3) is 0 Å². The highest BCUT2D eigenvalue weighted by Gasteiger charge is 2.23. The van der Waals surface area contributed by atoms with Gasteiger partial charge in [0, 0.05) is 10.9 Å². The maximum Gasteiger partial charge on any atom is 0.0936 e. The van der Waals surface area contributed by atoms with Gasteiger partial charge < -0.3 is 0 Å². The van der Waals surface area contributed by atoms with Crippen molar-refractivity contribution >= 4 is 10.9 Å². The van der Waals surface area contributed by atoms with E-state index in [0.717, 1.165) is 35.0 Å². The first-order chi connectivity index (χ1) is 11.1. The van der Waals surface area contributed by atoms with Crippen LogP contribution in [0.3, 0.4) is 0 Å². The van der Waals surface area contributed by atoms with E-state index in [1.807, 2.05) is 18.2 Å². The summed E-state index contributed by atoms with van der Waals surface area (Å²) in [6, 6.07) is 17.1. The highest BCUT2D eigenvalue weighted by molar-refractivity contribution is 5.81. The van der Waals surface area contributed by atoms with Crippen LogP contribution < -0.4 is 0 Å². The summed E-state index contributed by atoms with van der Waals surface area (Å²) in [4.78, 5) is 0. The summed E-state index contributed by atoms with van der Waals surface area (Å²) < 4.78 is 0. The van der Waals surface area contributed by atoms with Gasteiger partial charge in [-0.15, -0.1) is 10.2 Å². The highest BCUT2D eigenvalue weighted by Crippen LogP contribution is 2.34. The van der Waals surface area contributed by atoms with Crippen molar-refractivity contribution in [2.45, 2.75) is 46.0 Å². The second-order valence-corrected chi connectivity index (χ2v) is 6.64. The molecule has 0 N–H and O–H groups in total. The second kappa shape index (κ2) is 6.11. The standard InChI is InChI=1S/C21H24N2/c1-5-21(4,6-2)18-12-15(3)11-17(13-18)20-14-16-9-7-8-10-19(16)22-23-20/h7-14H,5-6H2,1-4H3. The molecule has 2 aromatic carbocycles. The number of rotatable bonds is 4. The Bertz CT molecular complexity index is 832. The first-order valence-corrected chi connectivity index (χ1v) is 8.41. The number of fused-ring (bicyclic) bond motifs is 1. The molecule has 0 fully saturated rings. The first-order valence-electron chi connectivity index (χ1n) is 8.41. The molecule has 1 aromatic heterocycles. The lowest BCUT2D eigenvalue weighted by Gasteiger charge is -2.28. The quantitative estimate of drug-likeness (QED) is 0.619. The predicted octanol–water partition coefficient (Wildman–Crippen LogP) is 5.68. The van der Waals surface area contributed by atoms with Gasteiger partial charge in [0.15, 0.2) is 0 Å². The van der Waals surface area contributed by atoms with Crippen molar-refractivity contribution in [3.05, 3.63) is 59.7 Å². The van der Waals surface area contributed by atoms with Gasteiger partial charge in [0.1, 0.15) is 0 Å². The van der Waals surface area contributed by atoms with Gasteiger partial charge in [-0.3, -0.25) is 0 Å². The minimum Gasteiger partial charge on any atom is -0.150 e. The molecule has 118 valence electrons. The number of hydrogen-bond donors (Lipinski definition) is 0. The van der Waals surface area contributed by atoms with Crippen LogP contribution in [0.15, 0.2) is 48.5 Å². The summed E-state index contributed by atoms with van der Waals surface area (Å²) in [6.07, 6.45) is 2.27. The largest absolute Gasteiger partial charge is 0.150 e. The van der Waals surface area contributed by atoms with E-state index >= 15 is 0 Å². The lowest BCUT2D eigenvalue weighted by Crippen LogP contribution is -2.19. The summed E-state index contributed by atoms with van der Waals surface area (Å²) >= 11 is 0. The number of hydrogen-bond acceptors (Lipinski definition) is 2. The fraction of sp³-hybridized carbons (Fsp3) is 0.333. The molecular formula is C21H24N2. The lowest BCUT2D eigenvalue weighted by atomic mass is 9.77. The smallest absolute Gasteiger partial charge is 0.0936 e. The van der Waals surface area contributed by atoms with Crippen LogP contribution in [0.1, 0.15) is 44.7 Å². The molecule has 0 aliphatic heterocycles. The van der Waals surface area contributed by atoms with E-state index in [1.54, 1.807) is 0 Å². The molecule has 0 unspecified atom stereocenters. The average Bonchev–Trinajstić information content (AvgIpc) is 2.60. The fourth-order valence-electron chi connectivity index (χ4n) is 3.06. The molecule has 0 spiro atoms. The van der Waals surface area contributed by atoms with Crippen molar-refractivity contribution in [3.8, 4) is 11.3 Å². The van der Waals surface area contributed by atoms with Crippen LogP contribution in [0.5, 0.6) is 0 Å². The zero-order valence-electron chi connectivity index (χ0n) is 14.4. The molecule has 2 heteroatoms. The van der Waals surface area contributed by atoms with Crippen molar-refractivity contribution in [1.82, 2.24) is 10.2 Å². The Morgan fingerprint density at radius 2 is 1.65 bits per heavy atom. The average molecular weight is 304 g/mol. The number of aromatic nitrogens is 2. The maximum absolute atomic E-state index is 4.44. The van der Waals surface area contributed by atoms with Gasteiger partial charge in [-0.05, 0) is 55.0 Å². The SMILES string of the molecule is CCC(C)(CC)c1cc(C)cc(-c2cc3ccccc3nn2)c1. The van der Waals surface area contributed by atoms with Crippen molar-refractivity contribution in [3.63, 3.8) is 0 Å². The zero-order valence-corrected chi connectivity index (χ0v) is 14.4. The molecule has 0 saturated heterocycles. The zero-order chi connectivity index (χ0) is 16.4. The van der Waals surface area contributed by atoms with Gasteiger partial charge in [0.05, 0.1) is 11.2 Å². The van der Waals surface area contributed by atoms with Crippen molar-refractivity contribution in [2.24, 2.45) is 0 Å². The van der Waals surface area contributed by atoms with Crippen molar-refractivity contribution in [1.29, 1.82) is 0 Å². The van der Waals surface area contributed by atoms with E-state index < -0.39 is 0 Å². The minimum atomic E-state index is 0.213. The van der Waals surface area contributed by atoms with Gasteiger partial charge in [-0.1, -0.05) is 50.6 Å². The molecule has 3 aromatic rings.